The topological polar surface area (TPSA) is 92.9 Å². The number of rotatable bonds is 10. The zero-order valence-corrected chi connectivity index (χ0v) is 26.7. The van der Waals surface area contributed by atoms with Crippen molar-refractivity contribution in [1.29, 1.82) is 0 Å². The van der Waals surface area contributed by atoms with Crippen molar-refractivity contribution in [3.63, 3.8) is 0 Å². The molecule has 0 bridgehead atoms. The highest BCUT2D eigenvalue weighted by Crippen LogP contribution is 2.31. The monoisotopic (exact) mass is 614 g/mol. The maximum Gasteiger partial charge on any atom is 0.318 e. The van der Waals surface area contributed by atoms with E-state index in [4.69, 9.17) is 4.74 Å². The summed E-state index contributed by atoms with van der Waals surface area (Å²) in [7, 11) is 3.98. The van der Waals surface area contributed by atoms with Crippen LogP contribution in [0.3, 0.4) is 0 Å². The van der Waals surface area contributed by atoms with E-state index >= 15 is 0 Å². The normalized spacial score (nSPS) is 14.8. The highest BCUT2D eigenvalue weighted by Gasteiger charge is 2.33. The van der Waals surface area contributed by atoms with Gasteiger partial charge in [-0.1, -0.05) is 31.2 Å². The first-order valence-electron chi connectivity index (χ1n) is 15.5. The Morgan fingerprint density at radius 1 is 1.04 bits per heavy atom. The fourth-order valence-electron chi connectivity index (χ4n) is 6.05. The highest BCUT2D eigenvalue weighted by atomic mass is 19.1. The largest absolute Gasteiger partial charge is 0.492 e. The predicted octanol–water partition coefficient (Wildman–Crippen LogP) is 5.72. The molecule has 5 rings (SSSR count). The number of carbonyl (C=O) groups is 2. The molecular formula is C35H43FN6O3. The van der Waals surface area contributed by atoms with Crippen LogP contribution in [-0.4, -0.2) is 79.6 Å². The number of H-pyrrole nitrogens is 1. The summed E-state index contributed by atoms with van der Waals surface area (Å²) in [6.07, 6.45) is 1.91. The molecule has 0 aliphatic carbocycles. The van der Waals surface area contributed by atoms with Gasteiger partial charge < -0.3 is 35.1 Å². The Labute approximate surface area is 264 Å². The van der Waals surface area contributed by atoms with Gasteiger partial charge in [-0.05, 0) is 81.0 Å². The number of ether oxygens (including phenoxy) is 1. The third-order valence-corrected chi connectivity index (χ3v) is 8.34. The SMILES string of the molecule is CCOc1ccc(CN(C)C)cc1NC(=O)[C@H](NC(=O)N1CCN(c2ccc(F)cc2C)CC1)[C@@H](C)c1c[nH]c2ccccc12. The van der Waals surface area contributed by atoms with Crippen LogP contribution in [0.2, 0.25) is 0 Å². The van der Waals surface area contributed by atoms with Gasteiger partial charge in [-0.2, -0.15) is 0 Å². The number of hydrogen-bond acceptors (Lipinski definition) is 5. The molecule has 10 heteroatoms. The van der Waals surface area contributed by atoms with E-state index in [1.54, 1.807) is 11.0 Å². The van der Waals surface area contributed by atoms with Crippen LogP contribution in [-0.2, 0) is 11.3 Å². The van der Waals surface area contributed by atoms with Gasteiger partial charge in [0.1, 0.15) is 17.6 Å². The summed E-state index contributed by atoms with van der Waals surface area (Å²) in [4.78, 5) is 37.1. The van der Waals surface area contributed by atoms with Crippen molar-refractivity contribution >= 4 is 34.2 Å². The van der Waals surface area contributed by atoms with Crippen LogP contribution in [0.25, 0.3) is 10.9 Å². The molecule has 2 heterocycles. The molecule has 0 spiro atoms. The molecule has 2 atom stereocenters. The quantitative estimate of drug-likeness (QED) is 0.213. The molecule has 1 saturated heterocycles. The Kier molecular flexibility index (Phi) is 9.93. The van der Waals surface area contributed by atoms with E-state index in [1.165, 1.54) is 12.1 Å². The second-order valence-corrected chi connectivity index (χ2v) is 11.9. The molecule has 3 amide bonds. The summed E-state index contributed by atoms with van der Waals surface area (Å²) in [6.45, 7) is 9.05. The second kappa shape index (κ2) is 14.0. The van der Waals surface area contributed by atoms with E-state index in [-0.39, 0.29) is 23.7 Å². The van der Waals surface area contributed by atoms with E-state index in [9.17, 15) is 14.0 Å². The molecule has 1 aliphatic heterocycles. The minimum atomic E-state index is -0.874. The molecule has 45 heavy (non-hydrogen) atoms. The molecule has 3 N–H and O–H groups in total. The molecule has 9 nitrogen and oxygen atoms in total. The van der Waals surface area contributed by atoms with Crippen molar-refractivity contribution in [3.05, 3.63) is 89.4 Å². The fourth-order valence-corrected chi connectivity index (χ4v) is 6.05. The Hall–Kier alpha value is -4.57. The van der Waals surface area contributed by atoms with Gasteiger partial charge >= 0.3 is 6.03 Å². The van der Waals surface area contributed by atoms with Crippen molar-refractivity contribution in [2.75, 3.05) is 57.1 Å². The van der Waals surface area contributed by atoms with Crippen LogP contribution in [0, 0.1) is 12.7 Å². The molecule has 1 fully saturated rings. The third kappa shape index (κ3) is 7.39. The van der Waals surface area contributed by atoms with Crippen LogP contribution < -0.4 is 20.3 Å². The van der Waals surface area contributed by atoms with Gasteiger partial charge in [0.15, 0.2) is 0 Å². The minimum absolute atomic E-state index is 0.263. The van der Waals surface area contributed by atoms with Crippen molar-refractivity contribution < 1.29 is 18.7 Å². The number of hydrogen-bond donors (Lipinski definition) is 3. The summed E-state index contributed by atoms with van der Waals surface area (Å²) in [5, 5.41) is 7.16. The fraction of sp³-hybridized carbons (Fsp3) is 0.371. The van der Waals surface area contributed by atoms with E-state index in [0.717, 1.165) is 33.3 Å². The number of para-hydroxylation sites is 1. The second-order valence-electron chi connectivity index (χ2n) is 11.9. The van der Waals surface area contributed by atoms with Gasteiger partial charge in [0, 0.05) is 61.4 Å². The number of aromatic amines is 1. The Balaban J connectivity index is 1.38. The molecule has 1 aromatic heterocycles. The van der Waals surface area contributed by atoms with Crippen LogP contribution in [0.1, 0.15) is 36.5 Å². The minimum Gasteiger partial charge on any atom is -0.492 e. The average molecular weight is 615 g/mol. The lowest BCUT2D eigenvalue weighted by atomic mass is 9.92. The van der Waals surface area contributed by atoms with Gasteiger partial charge in [0.2, 0.25) is 5.91 Å². The highest BCUT2D eigenvalue weighted by molar-refractivity contribution is 5.99. The Morgan fingerprint density at radius 2 is 1.80 bits per heavy atom. The number of nitrogens with zero attached hydrogens (tertiary/aromatic N) is 3. The zero-order valence-electron chi connectivity index (χ0n) is 26.7. The number of amides is 3. The first kappa shape index (κ1) is 31.8. The number of urea groups is 1. The van der Waals surface area contributed by atoms with Crippen molar-refractivity contribution in [2.45, 2.75) is 39.3 Å². The number of benzene rings is 3. The number of nitrogens with one attached hydrogen (secondary N) is 3. The van der Waals surface area contributed by atoms with E-state index in [1.807, 2.05) is 83.5 Å². The lowest BCUT2D eigenvalue weighted by molar-refractivity contribution is -0.118. The molecular weight excluding hydrogens is 571 g/mol. The van der Waals surface area contributed by atoms with Crippen LogP contribution >= 0.6 is 0 Å². The van der Waals surface area contributed by atoms with E-state index in [2.05, 4.69) is 25.4 Å². The number of carbonyl (C=O) groups excluding carboxylic acids is 2. The van der Waals surface area contributed by atoms with Crippen LogP contribution in [0.15, 0.2) is 66.9 Å². The maximum atomic E-state index is 14.1. The Morgan fingerprint density at radius 3 is 2.51 bits per heavy atom. The molecule has 0 radical (unpaired) electrons. The summed E-state index contributed by atoms with van der Waals surface area (Å²) in [5.41, 5.74) is 5.32. The molecule has 0 unspecified atom stereocenters. The number of piperazine rings is 1. The van der Waals surface area contributed by atoms with Crippen molar-refractivity contribution in [1.82, 2.24) is 20.1 Å². The van der Waals surface area contributed by atoms with Gasteiger partial charge in [-0.15, -0.1) is 0 Å². The first-order chi connectivity index (χ1) is 21.6. The lowest BCUT2D eigenvalue weighted by Crippen LogP contribution is -2.56. The Bertz CT molecular complexity index is 1650. The summed E-state index contributed by atoms with van der Waals surface area (Å²) in [6, 6.07) is 17.3. The van der Waals surface area contributed by atoms with Gasteiger partial charge in [-0.3, -0.25) is 4.79 Å². The molecule has 1 aliphatic rings. The van der Waals surface area contributed by atoms with Crippen LogP contribution in [0.5, 0.6) is 5.75 Å². The van der Waals surface area contributed by atoms with Gasteiger partial charge in [0.25, 0.3) is 0 Å². The smallest absolute Gasteiger partial charge is 0.318 e. The van der Waals surface area contributed by atoms with E-state index < -0.39 is 6.04 Å². The number of aryl methyl sites for hydroxylation is 1. The number of aromatic nitrogens is 1. The van der Waals surface area contributed by atoms with Gasteiger partial charge in [-0.25, -0.2) is 9.18 Å². The van der Waals surface area contributed by atoms with Crippen LogP contribution in [0.4, 0.5) is 20.6 Å². The summed E-state index contributed by atoms with van der Waals surface area (Å²) >= 11 is 0. The molecule has 238 valence electrons. The molecule has 0 saturated carbocycles. The predicted molar refractivity (Wildman–Crippen MR) is 178 cm³/mol. The van der Waals surface area contributed by atoms with Gasteiger partial charge in [0.05, 0.1) is 12.3 Å². The number of halogens is 1. The standard InChI is InChI=1S/C35H43FN6O3/c1-6-45-32-14-11-25(22-40(4)5)20-30(32)38-34(43)33(24(3)28-21-37-29-10-8-7-9-27(28)29)39-35(44)42-17-15-41(16-18-42)31-13-12-26(36)19-23(31)2/h7-14,19-21,24,33,37H,6,15-18,22H2,1-5H3,(H,38,43)(H,39,44)/t24-,33+/m0/s1. The van der Waals surface area contributed by atoms with E-state index in [0.29, 0.717) is 50.8 Å². The zero-order chi connectivity index (χ0) is 32.1. The lowest BCUT2D eigenvalue weighted by Gasteiger charge is -2.37. The van der Waals surface area contributed by atoms with Crippen molar-refractivity contribution in [2.24, 2.45) is 0 Å². The number of fused-ring (bicyclic) bond motifs is 1. The molecule has 3 aromatic carbocycles. The first-order valence-corrected chi connectivity index (χ1v) is 15.5. The maximum absolute atomic E-state index is 14.1. The summed E-state index contributed by atoms with van der Waals surface area (Å²) in [5.74, 6) is -0.371. The van der Waals surface area contributed by atoms with Crippen molar-refractivity contribution in [3.8, 4) is 5.75 Å². The average Bonchev–Trinajstić information content (AvgIpc) is 3.45. The third-order valence-electron chi connectivity index (χ3n) is 8.34. The number of anilines is 2. The summed E-state index contributed by atoms with van der Waals surface area (Å²) < 4.78 is 19.5. The molecule has 4 aromatic rings.